The third-order valence-electron chi connectivity index (χ3n) is 3.13. The molecule has 0 amide bonds. The van der Waals surface area contributed by atoms with Crippen molar-refractivity contribution in [2.45, 2.75) is 62.5 Å². The van der Waals surface area contributed by atoms with Crippen LogP contribution in [-0.2, 0) is 10.1 Å². The van der Waals surface area contributed by atoms with Crippen LogP contribution >= 0.6 is 0 Å². The molecule has 0 saturated carbocycles. The van der Waals surface area contributed by atoms with Gasteiger partial charge in [-0.25, -0.2) is 39.2 Å². The molecule has 0 N–H and O–H groups in total. The average molecular weight is 432 g/mol. The zero-order chi connectivity index (χ0) is 19.1. The second-order valence-corrected chi connectivity index (χ2v) is 6.61. The van der Waals surface area contributed by atoms with Crippen LogP contribution in [0.25, 0.3) is 0 Å². The zero-order valence-corrected chi connectivity index (χ0v) is 17.2. The summed E-state index contributed by atoms with van der Waals surface area (Å²) in [4.78, 5) is 0. The van der Waals surface area contributed by atoms with Crippen molar-refractivity contribution >= 4 is 10.1 Å². The van der Waals surface area contributed by atoms with E-state index in [9.17, 15) is 48.1 Å². The molecule has 0 aromatic heterocycles. The summed E-state index contributed by atoms with van der Waals surface area (Å²) in [5, 5.41) is 0. The van der Waals surface area contributed by atoms with Crippen LogP contribution < -0.4 is 51.4 Å². The zero-order valence-electron chi connectivity index (χ0n) is 13.2. The van der Waals surface area contributed by atoms with Crippen LogP contribution in [0.3, 0.4) is 0 Å². The minimum absolute atomic E-state index is 0. The molecular weight excluding hydrogens is 415 g/mol. The van der Waals surface area contributed by atoms with Crippen molar-refractivity contribution in [1.29, 1.82) is 0 Å². The molecule has 0 rings (SSSR count). The number of hydrogen-bond acceptors (Lipinski definition) is 3. The Morgan fingerprint density at radius 3 is 1.52 bits per heavy atom. The van der Waals surface area contributed by atoms with Crippen molar-refractivity contribution in [2.75, 3.05) is 12.4 Å². The van der Waals surface area contributed by atoms with Crippen molar-refractivity contribution in [3.63, 3.8) is 0 Å². The molecule has 0 heterocycles. The van der Waals surface area contributed by atoms with Gasteiger partial charge in [0.25, 0.3) is 0 Å². The summed E-state index contributed by atoms with van der Waals surface area (Å²) in [6.07, 6.45) is -24.5. The molecule has 0 fully saturated rings. The van der Waals surface area contributed by atoms with E-state index in [1.165, 1.54) is 0 Å². The summed E-state index contributed by atoms with van der Waals surface area (Å²) in [5.74, 6) is -2.02. The Morgan fingerprint density at radius 2 is 1.12 bits per heavy atom. The van der Waals surface area contributed by atoms with Gasteiger partial charge in [-0.1, -0.05) is 0 Å². The van der Waals surface area contributed by atoms with Crippen LogP contribution in [0.15, 0.2) is 0 Å². The van der Waals surface area contributed by atoms with Crippen LogP contribution in [0.4, 0.5) is 35.1 Å². The summed E-state index contributed by atoms with van der Waals surface area (Å²) in [7, 11) is -5.30. The first-order valence-corrected chi connectivity index (χ1v) is 8.48. The first-order chi connectivity index (χ1) is 10.9. The molecule has 0 saturated heterocycles. The molecule has 0 aliphatic rings. The number of rotatable bonds is 12. The van der Waals surface area contributed by atoms with E-state index >= 15 is 0 Å². The standard InChI is InChI=1S/C12H18F8O3S.K/c13-4-2-1-3-6(14)8(16)10(18)12(20)11(19)9(17)7(15)5-24(21,22)23;/h6-12H,1-5H2,(H,21,22,23);/q;+1/p-1. The van der Waals surface area contributed by atoms with Crippen molar-refractivity contribution in [1.82, 2.24) is 0 Å². The largest absolute Gasteiger partial charge is 1.00 e. The van der Waals surface area contributed by atoms with Crippen LogP contribution in [0.1, 0.15) is 19.3 Å². The number of hydrogen-bond donors (Lipinski definition) is 0. The van der Waals surface area contributed by atoms with E-state index in [-0.39, 0.29) is 64.2 Å². The van der Waals surface area contributed by atoms with Gasteiger partial charge in [0.05, 0.1) is 22.5 Å². The quantitative estimate of drug-likeness (QED) is 0.190. The number of unbranched alkanes of at least 4 members (excludes halogenated alkanes) is 1. The van der Waals surface area contributed by atoms with Gasteiger partial charge in [-0.3, -0.25) is 4.39 Å². The van der Waals surface area contributed by atoms with Gasteiger partial charge < -0.3 is 4.55 Å². The molecule has 7 atom stereocenters. The minimum Gasteiger partial charge on any atom is -0.748 e. The maximum atomic E-state index is 13.4. The van der Waals surface area contributed by atoms with Gasteiger partial charge in [-0.05, 0) is 19.3 Å². The maximum Gasteiger partial charge on any atom is 1.00 e. The third-order valence-corrected chi connectivity index (χ3v) is 3.86. The Bertz CT molecular complexity index is 458. The first-order valence-electron chi connectivity index (χ1n) is 6.90. The fourth-order valence-corrected chi connectivity index (χ4v) is 2.38. The molecule has 0 spiro atoms. The summed E-state index contributed by atoms with van der Waals surface area (Å²) in [5.41, 5.74) is 0. The Labute approximate surface area is 183 Å². The van der Waals surface area contributed by atoms with Crippen molar-refractivity contribution in [3.05, 3.63) is 0 Å². The van der Waals surface area contributed by atoms with Gasteiger partial charge in [0.1, 0.15) is 12.3 Å². The SMILES string of the molecule is O=S(=O)([O-])CC(F)C(F)C(F)C(F)C(F)C(F)C(F)CCCCF.[K+]. The second kappa shape index (κ2) is 13.2. The van der Waals surface area contributed by atoms with Gasteiger partial charge in [0.2, 0.25) is 0 Å². The van der Waals surface area contributed by atoms with Crippen LogP contribution in [0.5, 0.6) is 0 Å². The van der Waals surface area contributed by atoms with Crippen LogP contribution in [0, 0.1) is 0 Å². The van der Waals surface area contributed by atoms with E-state index in [1.807, 2.05) is 0 Å². The Kier molecular flexibility index (Phi) is 14.9. The summed E-state index contributed by atoms with van der Waals surface area (Å²) in [6.45, 7) is -0.842. The van der Waals surface area contributed by atoms with Crippen LogP contribution in [-0.4, -0.2) is 68.6 Å². The molecular formula is C12H17F8KO3S. The molecule has 0 aliphatic heterocycles. The van der Waals surface area contributed by atoms with Gasteiger partial charge in [-0.2, -0.15) is 0 Å². The average Bonchev–Trinajstić information content (AvgIpc) is 2.49. The first kappa shape index (κ1) is 28.2. The topological polar surface area (TPSA) is 57.2 Å². The molecule has 25 heavy (non-hydrogen) atoms. The summed E-state index contributed by atoms with van der Waals surface area (Å²) >= 11 is 0. The van der Waals surface area contributed by atoms with E-state index in [4.69, 9.17) is 0 Å². The minimum atomic E-state index is -5.30. The third kappa shape index (κ3) is 10.8. The Morgan fingerprint density at radius 1 is 0.720 bits per heavy atom. The summed E-state index contributed by atoms with van der Waals surface area (Å²) in [6, 6.07) is 0. The van der Waals surface area contributed by atoms with Crippen molar-refractivity contribution < 1.29 is 99.5 Å². The van der Waals surface area contributed by atoms with Crippen molar-refractivity contribution in [2.24, 2.45) is 0 Å². The van der Waals surface area contributed by atoms with Gasteiger partial charge in [-0.15, -0.1) is 0 Å². The Hall–Kier alpha value is 0.986. The van der Waals surface area contributed by atoms with Gasteiger partial charge in [0.15, 0.2) is 30.9 Å². The molecule has 0 radical (unpaired) electrons. The molecule has 0 aromatic carbocycles. The van der Waals surface area contributed by atoms with E-state index in [0.29, 0.717) is 0 Å². The number of alkyl halides is 8. The van der Waals surface area contributed by atoms with Crippen LogP contribution in [0.2, 0.25) is 0 Å². The predicted octanol–water partition coefficient (Wildman–Crippen LogP) is 0.0421. The second-order valence-electron chi connectivity index (χ2n) is 5.16. The smallest absolute Gasteiger partial charge is 0.748 e. The number of halogens is 8. The molecule has 0 aromatic rings. The van der Waals surface area contributed by atoms with E-state index < -0.39 is 72.2 Å². The van der Waals surface area contributed by atoms with E-state index in [2.05, 4.69) is 0 Å². The molecule has 13 heteroatoms. The molecule has 7 unspecified atom stereocenters. The normalized spacial score (nSPS) is 20.7. The van der Waals surface area contributed by atoms with E-state index in [0.717, 1.165) is 0 Å². The maximum absolute atomic E-state index is 13.4. The fourth-order valence-electron chi connectivity index (χ4n) is 1.81. The van der Waals surface area contributed by atoms with E-state index in [1.54, 1.807) is 0 Å². The molecule has 0 aliphatic carbocycles. The molecule has 0 bridgehead atoms. The van der Waals surface area contributed by atoms with Gasteiger partial charge in [0, 0.05) is 0 Å². The monoisotopic (exact) mass is 432 g/mol. The molecule has 146 valence electrons. The summed E-state index contributed by atoms with van der Waals surface area (Å²) < 4.78 is 135. The fraction of sp³-hybridized carbons (Fsp3) is 1.00. The van der Waals surface area contributed by atoms with Gasteiger partial charge >= 0.3 is 51.4 Å². The molecule has 3 nitrogen and oxygen atoms in total. The van der Waals surface area contributed by atoms with Crippen molar-refractivity contribution in [3.8, 4) is 0 Å². The Balaban J connectivity index is 0. The predicted molar refractivity (Wildman–Crippen MR) is 68.7 cm³/mol.